The van der Waals surface area contributed by atoms with Gasteiger partial charge in [-0.3, -0.25) is 0 Å². The second-order valence-electron chi connectivity index (χ2n) is 4.59. The molecule has 1 fully saturated rings. The predicted octanol–water partition coefficient (Wildman–Crippen LogP) is 0.608. The summed E-state index contributed by atoms with van der Waals surface area (Å²) in [7, 11) is -4.55. The van der Waals surface area contributed by atoms with Crippen LogP contribution in [0.4, 0.5) is 13.2 Å². The molecule has 2 rings (SSSR count). The largest absolute Gasteiger partial charge is 0.548 e. The van der Waals surface area contributed by atoms with Gasteiger partial charge in [-0.15, -0.1) is 0 Å². The van der Waals surface area contributed by atoms with E-state index in [0.29, 0.717) is 10.4 Å². The number of halogens is 3. The molecular weight excluding hydrogens is 311 g/mol. The van der Waals surface area contributed by atoms with Crippen molar-refractivity contribution in [1.82, 2.24) is 4.31 Å². The zero-order valence-electron chi connectivity index (χ0n) is 10.6. The first kappa shape index (κ1) is 15.8. The Bertz CT molecular complexity index is 657. The van der Waals surface area contributed by atoms with Crippen molar-refractivity contribution in [3.05, 3.63) is 29.8 Å². The quantitative estimate of drug-likeness (QED) is 0.817. The normalized spacial score (nSPS) is 20.6. The van der Waals surface area contributed by atoms with E-state index in [0.717, 1.165) is 18.2 Å². The third-order valence-corrected chi connectivity index (χ3v) is 5.22. The molecule has 0 aliphatic carbocycles. The molecule has 0 unspecified atom stereocenters. The zero-order chi connectivity index (χ0) is 15.8. The number of alkyl halides is 3. The molecule has 116 valence electrons. The van der Waals surface area contributed by atoms with E-state index in [1.807, 2.05) is 0 Å². The van der Waals surface area contributed by atoms with Crippen LogP contribution in [-0.4, -0.2) is 31.3 Å². The van der Waals surface area contributed by atoms with E-state index in [2.05, 4.69) is 0 Å². The molecule has 1 heterocycles. The molecule has 0 spiro atoms. The Morgan fingerprint density at radius 3 is 2.48 bits per heavy atom. The summed E-state index contributed by atoms with van der Waals surface area (Å²) in [5.41, 5.74) is -1.31. The van der Waals surface area contributed by atoms with Gasteiger partial charge in [0.2, 0.25) is 10.0 Å². The third-order valence-electron chi connectivity index (χ3n) is 3.25. The minimum atomic E-state index is -4.85. The van der Waals surface area contributed by atoms with Crippen LogP contribution in [0, 0.1) is 0 Å². The molecule has 21 heavy (non-hydrogen) atoms. The zero-order valence-corrected chi connectivity index (χ0v) is 11.4. The Kier molecular flexibility index (Phi) is 3.98. The van der Waals surface area contributed by atoms with Crippen molar-refractivity contribution in [2.24, 2.45) is 0 Å². The lowest BCUT2D eigenvalue weighted by atomic mass is 10.2. The fourth-order valence-electron chi connectivity index (χ4n) is 2.32. The fourth-order valence-corrected chi connectivity index (χ4v) is 4.18. The van der Waals surface area contributed by atoms with Crippen molar-refractivity contribution in [2.75, 3.05) is 6.54 Å². The Morgan fingerprint density at radius 1 is 1.29 bits per heavy atom. The molecule has 0 aromatic heterocycles. The summed E-state index contributed by atoms with van der Waals surface area (Å²) in [4.78, 5) is 9.99. The van der Waals surface area contributed by atoms with E-state index in [-0.39, 0.29) is 19.4 Å². The van der Waals surface area contributed by atoms with Crippen LogP contribution in [0.15, 0.2) is 29.2 Å². The van der Waals surface area contributed by atoms with Crippen LogP contribution in [0.3, 0.4) is 0 Å². The van der Waals surface area contributed by atoms with Crippen LogP contribution in [-0.2, 0) is 21.0 Å². The predicted molar refractivity (Wildman–Crippen MR) is 63.4 cm³/mol. The molecule has 1 aliphatic heterocycles. The number of carboxylic acid groups (broad SMARTS) is 1. The molecule has 5 nitrogen and oxygen atoms in total. The van der Waals surface area contributed by atoms with Crippen molar-refractivity contribution in [1.29, 1.82) is 0 Å². The van der Waals surface area contributed by atoms with Crippen molar-refractivity contribution in [3.63, 3.8) is 0 Å². The number of nitrogens with zero attached hydrogens (tertiary/aromatic N) is 1. The number of carbonyl (C=O) groups is 1. The van der Waals surface area contributed by atoms with Crippen LogP contribution in [0.5, 0.6) is 0 Å². The SMILES string of the molecule is O=C([O-])[C@@H]1CCCN1S(=O)(=O)c1ccccc1C(F)(F)F. The standard InChI is InChI=1S/C12H12F3NO4S/c13-12(14,15)8-4-1-2-6-10(8)21(19,20)16-7-3-5-9(16)11(17)18/h1-2,4,6,9H,3,5,7H2,(H,17,18)/p-1/t9-/m0/s1. The van der Waals surface area contributed by atoms with Crippen molar-refractivity contribution >= 4 is 16.0 Å². The van der Waals surface area contributed by atoms with Gasteiger partial charge < -0.3 is 9.90 Å². The third kappa shape index (κ3) is 2.88. The van der Waals surface area contributed by atoms with Gasteiger partial charge in [-0.1, -0.05) is 12.1 Å². The second kappa shape index (κ2) is 5.30. The number of benzene rings is 1. The average molecular weight is 322 g/mol. The molecule has 0 radical (unpaired) electrons. The second-order valence-corrected chi connectivity index (χ2v) is 6.45. The first-order chi connectivity index (χ1) is 9.65. The van der Waals surface area contributed by atoms with Crippen LogP contribution < -0.4 is 5.11 Å². The van der Waals surface area contributed by atoms with Gasteiger partial charge in [0.05, 0.1) is 22.5 Å². The highest BCUT2D eigenvalue weighted by Crippen LogP contribution is 2.36. The Hall–Kier alpha value is -1.61. The highest BCUT2D eigenvalue weighted by atomic mass is 32.2. The van der Waals surface area contributed by atoms with Gasteiger partial charge in [0.1, 0.15) is 0 Å². The molecule has 9 heteroatoms. The number of carboxylic acids is 1. The molecule has 1 aromatic rings. The van der Waals surface area contributed by atoms with Gasteiger partial charge >= 0.3 is 6.18 Å². The van der Waals surface area contributed by atoms with E-state index in [1.54, 1.807) is 0 Å². The number of hydrogen-bond donors (Lipinski definition) is 0. The van der Waals surface area contributed by atoms with Crippen LogP contribution >= 0.6 is 0 Å². The molecule has 1 atom stereocenters. The minimum Gasteiger partial charge on any atom is -0.548 e. The van der Waals surface area contributed by atoms with Crippen LogP contribution in [0.1, 0.15) is 18.4 Å². The van der Waals surface area contributed by atoms with Gasteiger partial charge in [0.25, 0.3) is 0 Å². The number of rotatable bonds is 3. The molecule has 0 N–H and O–H groups in total. The van der Waals surface area contributed by atoms with E-state index < -0.39 is 38.7 Å². The van der Waals surface area contributed by atoms with Crippen LogP contribution in [0.25, 0.3) is 0 Å². The molecular formula is C12H11F3NO4S-. The summed E-state index contributed by atoms with van der Waals surface area (Å²) >= 11 is 0. The summed E-state index contributed by atoms with van der Waals surface area (Å²) in [5.74, 6) is -1.61. The van der Waals surface area contributed by atoms with E-state index in [1.165, 1.54) is 0 Å². The van der Waals surface area contributed by atoms with Crippen molar-refractivity contribution in [2.45, 2.75) is 30.0 Å². The maximum atomic E-state index is 12.9. The average Bonchev–Trinajstić information content (AvgIpc) is 2.88. The van der Waals surface area contributed by atoms with E-state index in [9.17, 15) is 31.5 Å². The monoisotopic (exact) mass is 322 g/mol. The minimum absolute atomic E-state index is 0.0236. The Balaban J connectivity index is 2.53. The lowest BCUT2D eigenvalue weighted by Gasteiger charge is -2.26. The van der Waals surface area contributed by atoms with E-state index >= 15 is 0 Å². The van der Waals surface area contributed by atoms with Crippen molar-refractivity contribution < 1.29 is 31.5 Å². The van der Waals surface area contributed by atoms with Gasteiger partial charge in [-0.2, -0.15) is 17.5 Å². The summed E-state index contributed by atoms with van der Waals surface area (Å²) in [6, 6.07) is 2.27. The molecule has 0 amide bonds. The van der Waals surface area contributed by atoms with Gasteiger partial charge in [0, 0.05) is 6.54 Å². The number of hydrogen-bond acceptors (Lipinski definition) is 4. The molecule has 1 aromatic carbocycles. The highest BCUT2D eigenvalue weighted by Gasteiger charge is 2.42. The van der Waals surface area contributed by atoms with Gasteiger partial charge in [0.15, 0.2) is 0 Å². The topological polar surface area (TPSA) is 77.5 Å². The summed E-state index contributed by atoms with van der Waals surface area (Å²) < 4.78 is 64.0. The first-order valence-electron chi connectivity index (χ1n) is 6.04. The number of aliphatic carboxylic acids is 1. The lowest BCUT2D eigenvalue weighted by Crippen LogP contribution is -2.47. The van der Waals surface area contributed by atoms with Crippen molar-refractivity contribution in [3.8, 4) is 0 Å². The molecule has 0 bridgehead atoms. The highest BCUT2D eigenvalue weighted by molar-refractivity contribution is 7.89. The van der Waals surface area contributed by atoms with E-state index in [4.69, 9.17) is 0 Å². The number of carbonyl (C=O) groups excluding carboxylic acids is 1. The molecule has 0 saturated carbocycles. The summed E-state index contributed by atoms with van der Waals surface area (Å²) in [6.45, 7) is -0.146. The molecule has 1 aliphatic rings. The maximum absolute atomic E-state index is 12.9. The summed E-state index contributed by atoms with van der Waals surface area (Å²) in [6.07, 6.45) is -4.57. The van der Waals surface area contributed by atoms with Crippen LogP contribution in [0.2, 0.25) is 0 Å². The fraction of sp³-hybridized carbons (Fsp3) is 0.417. The van der Waals surface area contributed by atoms with Gasteiger partial charge in [-0.25, -0.2) is 8.42 Å². The molecule has 1 saturated heterocycles. The van der Waals surface area contributed by atoms with Gasteiger partial charge in [-0.05, 0) is 25.0 Å². The first-order valence-corrected chi connectivity index (χ1v) is 7.48. The number of sulfonamides is 1. The Labute approximate surface area is 119 Å². The Morgan fingerprint density at radius 2 is 1.90 bits per heavy atom. The summed E-state index contributed by atoms with van der Waals surface area (Å²) in [5, 5.41) is 10.9. The smallest absolute Gasteiger partial charge is 0.417 e. The maximum Gasteiger partial charge on any atom is 0.417 e. The lowest BCUT2D eigenvalue weighted by molar-refractivity contribution is -0.309.